The number of likely N-dealkylation sites (N-methyl/N-ethyl adjacent to an activating group) is 1. The lowest BCUT2D eigenvalue weighted by molar-refractivity contribution is -0.870. The van der Waals surface area contributed by atoms with Crippen molar-refractivity contribution in [3.8, 4) is 0 Å². The zero-order valence-corrected chi connectivity index (χ0v) is 56.3. The summed E-state index contributed by atoms with van der Waals surface area (Å²) in [5.74, 6) is -0.203. The van der Waals surface area contributed by atoms with Gasteiger partial charge in [0.25, 0.3) is 7.82 Å². The number of amides is 1. The molecule has 0 bridgehead atoms. The summed E-state index contributed by atoms with van der Waals surface area (Å²) in [7, 11) is 1.25. The van der Waals surface area contributed by atoms with E-state index in [1.807, 2.05) is 27.2 Å². The Labute approximate surface area is 516 Å². The highest BCUT2D eigenvalue weighted by molar-refractivity contribution is 7.45. The molecule has 3 unspecified atom stereocenters. The minimum absolute atomic E-state index is 0.00689. The monoisotopic (exact) mass is 1180 g/mol. The SMILES string of the molecule is CC/C=C\C/C=C\C/C=C\C/C=C\C/C=C\CCCCCCCCCCCCCCCCCCCCCCCC(=O)NC(COP(=O)([O-])OCC[N+](C)(C)C)C(O)/C=C/CC/C=C/CCCCCCCCCCCCCCCCCCCC. The molecule has 83 heavy (non-hydrogen) atoms. The molecule has 2 N–H and O–H groups in total. The van der Waals surface area contributed by atoms with E-state index < -0.39 is 26.6 Å². The molecule has 0 radical (unpaired) electrons. The van der Waals surface area contributed by atoms with Crippen molar-refractivity contribution in [3.05, 3.63) is 85.1 Å². The maximum absolute atomic E-state index is 13.0. The third-order valence-electron chi connectivity index (χ3n) is 15.8. The summed E-state index contributed by atoms with van der Waals surface area (Å²) in [6, 6.07) is -0.907. The summed E-state index contributed by atoms with van der Waals surface area (Å²) in [6.45, 7) is 4.55. The molecule has 0 aliphatic heterocycles. The lowest BCUT2D eigenvalue weighted by atomic mass is 10.0. The van der Waals surface area contributed by atoms with Crippen LogP contribution in [0.15, 0.2) is 85.1 Å². The van der Waals surface area contributed by atoms with Crippen LogP contribution in [0.2, 0.25) is 0 Å². The quantitative estimate of drug-likeness (QED) is 0.0272. The number of hydrogen-bond donors (Lipinski definition) is 2. The second kappa shape index (κ2) is 64.2. The first-order valence-corrected chi connectivity index (χ1v) is 36.9. The van der Waals surface area contributed by atoms with E-state index >= 15 is 0 Å². The van der Waals surface area contributed by atoms with Crippen LogP contribution in [0.1, 0.15) is 328 Å². The number of nitrogens with zero attached hydrogens (tertiary/aromatic N) is 1. The molecule has 0 heterocycles. The third kappa shape index (κ3) is 67.1. The minimum atomic E-state index is -4.61. The maximum Gasteiger partial charge on any atom is 0.268 e. The molecule has 0 rings (SSSR count). The lowest BCUT2D eigenvalue weighted by Crippen LogP contribution is -2.45. The van der Waals surface area contributed by atoms with Gasteiger partial charge in [-0.15, -0.1) is 0 Å². The van der Waals surface area contributed by atoms with Crippen molar-refractivity contribution in [2.24, 2.45) is 0 Å². The first kappa shape index (κ1) is 80.7. The van der Waals surface area contributed by atoms with E-state index in [1.165, 1.54) is 238 Å². The average molecular weight is 1180 g/mol. The van der Waals surface area contributed by atoms with E-state index in [4.69, 9.17) is 9.05 Å². The van der Waals surface area contributed by atoms with Gasteiger partial charge >= 0.3 is 0 Å². The first-order chi connectivity index (χ1) is 40.5. The fourth-order valence-corrected chi connectivity index (χ4v) is 11.1. The average Bonchev–Trinajstić information content (AvgIpc) is 3.50. The number of hydrogen-bond acceptors (Lipinski definition) is 6. The molecule has 0 aromatic carbocycles. The summed E-state index contributed by atoms with van der Waals surface area (Å²) in [5.41, 5.74) is 0. The highest BCUT2D eigenvalue weighted by atomic mass is 31.2. The first-order valence-electron chi connectivity index (χ1n) is 35.4. The topological polar surface area (TPSA) is 108 Å². The van der Waals surface area contributed by atoms with Crippen LogP contribution in [0.4, 0.5) is 0 Å². The normalized spacial score (nSPS) is 14.2. The van der Waals surface area contributed by atoms with Gasteiger partial charge in [-0.25, -0.2) is 0 Å². The molecule has 0 aliphatic carbocycles. The fourth-order valence-electron chi connectivity index (χ4n) is 10.4. The Morgan fingerprint density at radius 3 is 1.12 bits per heavy atom. The predicted molar refractivity (Wildman–Crippen MR) is 362 cm³/mol. The summed E-state index contributed by atoms with van der Waals surface area (Å²) in [4.78, 5) is 25.6. The second-order valence-corrected chi connectivity index (χ2v) is 26.6. The molecule has 484 valence electrons. The van der Waals surface area contributed by atoms with Crippen molar-refractivity contribution in [2.45, 2.75) is 341 Å². The van der Waals surface area contributed by atoms with Crippen molar-refractivity contribution < 1.29 is 32.9 Å². The summed E-state index contributed by atoms with van der Waals surface area (Å²) < 4.78 is 23.4. The number of carbonyl (C=O) groups is 1. The second-order valence-electron chi connectivity index (χ2n) is 25.2. The van der Waals surface area contributed by atoms with E-state index in [0.717, 1.165) is 70.6 Å². The Morgan fingerprint density at radius 2 is 0.747 bits per heavy atom. The van der Waals surface area contributed by atoms with Crippen LogP contribution in [-0.4, -0.2) is 68.5 Å². The van der Waals surface area contributed by atoms with Crippen molar-refractivity contribution in [1.82, 2.24) is 5.32 Å². The number of phosphoric ester groups is 1. The van der Waals surface area contributed by atoms with Gasteiger partial charge in [0.15, 0.2) is 0 Å². The highest BCUT2D eigenvalue weighted by Gasteiger charge is 2.23. The third-order valence-corrected chi connectivity index (χ3v) is 16.8. The summed E-state index contributed by atoms with van der Waals surface area (Å²) in [6.07, 6.45) is 91.4. The van der Waals surface area contributed by atoms with Gasteiger partial charge in [0.2, 0.25) is 5.91 Å². The number of nitrogens with one attached hydrogen (secondary N) is 1. The van der Waals surface area contributed by atoms with E-state index in [0.29, 0.717) is 17.4 Å². The van der Waals surface area contributed by atoms with Crippen molar-refractivity contribution >= 4 is 13.7 Å². The van der Waals surface area contributed by atoms with Crippen LogP contribution in [-0.2, 0) is 18.4 Å². The summed E-state index contributed by atoms with van der Waals surface area (Å²) >= 11 is 0. The Morgan fingerprint density at radius 1 is 0.434 bits per heavy atom. The molecule has 0 fully saturated rings. The lowest BCUT2D eigenvalue weighted by Gasteiger charge is -2.29. The number of quaternary nitrogens is 1. The van der Waals surface area contributed by atoms with Crippen molar-refractivity contribution in [2.75, 3.05) is 40.9 Å². The molecule has 9 heteroatoms. The highest BCUT2D eigenvalue weighted by Crippen LogP contribution is 2.38. The van der Waals surface area contributed by atoms with Gasteiger partial charge in [0, 0.05) is 6.42 Å². The largest absolute Gasteiger partial charge is 0.756 e. The minimum Gasteiger partial charge on any atom is -0.756 e. The van der Waals surface area contributed by atoms with Crippen LogP contribution in [0.3, 0.4) is 0 Å². The number of phosphoric acid groups is 1. The Bertz CT molecular complexity index is 1630. The van der Waals surface area contributed by atoms with Crippen LogP contribution >= 0.6 is 7.82 Å². The molecule has 0 spiro atoms. The zero-order valence-electron chi connectivity index (χ0n) is 55.4. The number of allylic oxidation sites excluding steroid dienone is 13. The van der Waals surface area contributed by atoms with Gasteiger partial charge in [0.1, 0.15) is 13.2 Å². The zero-order chi connectivity index (χ0) is 60.5. The van der Waals surface area contributed by atoms with Crippen LogP contribution in [0.25, 0.3) is 0 Å². The van der Waals surface area contributed by atoms with Gasteiger partial charge in [-0.05, 0) is 77.0 Å². The number of aliphatic hydroxyl groups is 1. The maximum atomic E-state index is 13.0. The Kier molecular flexibility index (Phi) is 62.4. The molecule has 3 atom stereocenters. The fraction of sp³-hybridized carbons (Fsp3) is 0.797. The summed E-state index contributed by atoms with van der Waals surface area (Å²) in [5, 5.41) is 13.9. The predicted octanol–water partition coefficient (Wildman–Crippen LogP) is 22.1. The number of aliphatic hydroxyl groups excluding tert-OH is 1. The van der Waals surface area contributed by atoms with E-state index in [9.17, 15) is 19.4 Å². The van der Waals surface area contributed by atoms with E-state index in [2.05, 4.69) is 92.1 Å². The Hall–Kier alpha value is -2.32. The number of rotatable bonds is 65. The molecule has 0 aromatic heterocycles. The number of carbonyl (C=O) groups excluding carboxylic acids is 1. The number of unbranched alkanes of at least 4 members (excludes halogenated alkanes) is 40. The van der Waals surface area contributed by atoms with E-state index in [-0.39, 0.29) is 12.5 Å². The van der Waals surface area contributed by atoms with Crippen LogP contribution in [0.5, 0.6) is 0 Å². The van der Waals surface area contributed by atoms with Gasteiger partial charge < -0.3 is 28.8 Å². The van der Waals surface area contributed by atoms with E-state index in [1.54, 1.807) is 6.08 Å². The van der Waals surface area contributed by atoms with Gasteiger partial charge in [-0.2, -0.15) is 0 Å². The molecule has 0 saturated heterocycles. The van der Waals surface area contributed by atoms with Crippen LogP contribution in [0, 0.1) is 0 Å². The Balaban J connectivity index is 4.04. The molecule has 8 nitrogen and oxygen atoms in total. The van der Waals surface area contributed by atoms with Gasteiger partial charge in [-0.1, -0.05) is 330 Å². The molecule has 0 aromatic rings. The molecule has 0 aliphatic rings. The van der Waals surface area contributed by atoms with Crippen molar-refractivity contribution in [3.63, 3.8) is 0 Å². The molecule has 0 saturated carbocycles. The standard InChI is InChI=1S/C74H137N2O6P/c1-6-8-10-12-14-16-18-20-22-24-26-28-30-32-33-34-35-36-37-38-39-40-41-42-43-44-46-48-50-52-54-56-58-60-62-64-66-68-74(78)75-72(71-82-83(79,80)81-70-69-76(3,4)5)73(77)67-65-63-61-59-57-55-53-51-49-47-45-31-29-27-25-23-21-19-17-15-13-11-9-7-2/h8,10,14,16,20,22,26,28,32-33,57,59,65,67,72-73,77H,6-7,9,11-13,15,17-19,21,23-25,27,29-31,34-56,58,60-64,66,68-71H2,1-5H3,(H-,75,78,79,80)/b10-8-,16-14-,22-20-,28-26-,33-32-,59-57+,67-65+. The van der Waals surface area contributed by atoms with Crippen LogP contribution < -0.4 is 10.2 Å². The van der Waals surface area contributed by atoms with Crippen molar-refractivity contribution in [1.29, 1.82) is 0 Å². The molecular formula is C74H137N2O6P. The molecule has 1 amide bonds. The van der Waals surface area contributed by atoms with Gasteiger partial charge in [0.05, 0.1) is 39.9 Å². The van der Waals surface area contributed by atoms with Gasteiger partial charge in [-0.3, -0.25) is 9.36 Å². The smallest absolute Gasteiger partial charge is 0.268 e. The molecular weight excluding hydrogens is 1040 g/mol.